The summed E-state index contributed by atoms with van der Waals surface area (Å²) in [5.41, 5.74) is 0.510. The molecule has 3 aliphatic rings. The molecule has 52 heavy (non-hydrogen) atoms. The third-order valence-electron chi connectivity index (χ3n) is 9.87. The molecule has 2 atom stereocenters. The van der Waals surface area contributed by atoms with E-state index in [0.717, 1.165) is 39.6 Å². The average Bonchev–Trinajstić information content (AvgIpc) is 3.71. The van der Waals surface area contributed by atoms with Crippen molar-refractivity contribution in [3.63, 3.8) is 0 Å². The molecule has 0 spiro atoms. The Morgan fingerprint density at radius 3 is 2.38 bits per heavy atom. The summed E-state index contributed by atoms with van der Waals surface area (Å²) in [6.45, 7) is 0.844. The van der Waals surface area contributed by atoms with Gasteiger partial charge in [0.05, 0.1) is 25.8 Å². The van der Waals surface area contributed by atoms with Gasteiger partial charge in [-0.3, -0.25) is 15.5 Å². The van der Waals surface area contributed by atoms with Gasteiger partial charge in [-0.05, 0) is 42.2 Å². The molecule has 3 aromatic carbocycles. The van der Waals surface area contributed by atoms with Gasteiger partial charge in [-0.2, -0.15) is 0 Å². The zero-order chi connectivity index (χ0) is 36.5. The first-order valence-corrected chi connectivity index (χ1v) is 19.7. The van der Waals surface area contributed by atoms with Gasteiger partial charge < -0.3 is 9.47 Å². The van der Waals surface area contributed by atoms with Gasteiger partial charge in [-0.25, -0.2) is 26.5 Å². The van der Waals surface area contributed by atoms with E-state index in [2.05, 4.69) is 15.6 Å². The first-order valence-electron chi connectivity index (χ1n) is 17.0. The Kier molecular flexibility index (Phi) is 10.4. The molecule has 2 N–H and O–H groups in total. The quantitative estimate of drug-likeness (QED) is 0.123. The smallest absolute Gasteiger partial charge is 0.269 e. The SMILES string of the molecule is COc1ccc(CN(c2nccs2)S(=O)(=O)C2=C(F)C[C@](NC(CN3CC(F)C3)c3ccccc3)(NC3(c4ccccc4)CC3)C(Cl)=C2)c(OC)c1. The van der Waals surface area contributed by atoms with Crippen LogP contribution in [0.2, 0.25) is 0 Å². The third kappa shape index (κ3) is 7.35. The molecule has 0 radical (unpaired) electrons. The van der Waals surface area contributed by atoms with Gasteiger partial charge in [0.1, 0.15) is 34.1 Å². The number of nitrogens with zero attached hydrogens (tertiary/aromatic N) is 3. The van der Waals surface area contributed by atoms with Crippen LogP contribution in [0.1, 0.15) is 42.0 Å². The van der Waals surface area contributed by atoms with Crippen molar-refractivity contribution >= 4 is 38.1 Å². The van der Waals surface area contributed by atoms with Crippen molar-refractivity contribution in [1.82, 2.24) is 20.5 Å². The molecule has 1 unspecified atom stereocenters. The second-order valence-electron chi connectivity index (χ2n) is 13.3. The fourth-order valence-electron chi connectivity index (χ4n) is 6.95. The van der Waals surface area contributed by atoms with Crippen molar-refractivity contribution in [3.05, 3.63) is 129 Å². The normalized spacial score (nSPS) is 20.9. The topological polar surface area (TPSA) is 96.0 Å². The number of halogens is 3. The Morgan fingerprint density at radius 1 is 1.06 bits per heavy atom. The van der Waals surface area contributed by atoms with Crippen LogP contribution in [0.4, 0.5) is 13.9 Å². The number of sulfonamides is 1. The molecule has 7 rings (SSSR count). The Hall–Kier alpha value is -3.85. The highest BCUT2D eigenvalue weighted by molar-refractivity contribution is 7.97. The largest absolute Gasteiger partial charge is 0.497 e. The van der Waals surface area contributed by atoms with Gasteiger partial charge in [-0.15, -0.1) is 11.3 Å². The number of aromatic nitrogens is 1. The summed E-state index contributed by atoms with van der Waals surface area (Å²) in [6.07, 6.45) is 2.94. The van der Waals surface area contributed by atoms with E-state index in [9.17, 15) is 12.8 Å². The minimum absolute atomic E-state index is 0.0868. The molecule has 1 aliphatic heterocycles. The monoisotopic (exact) mass is 767 g/mol. The Morgan fingerprint density at radius 2 is 1.77 bits per heavy atom. The number of hydrogen-bond acceptors (Lipinski definition) is 9. The lowest BCUT2D eigenvalue weighted by Gasteiger charge is -2.45. The minimum atomic E-state index is -4.57. The van der Waals surface area contributed by atoms with E-state index in [-0.39, 0.29) is 16.7 Å². The van der Waals surface area contributed by atoms with Crippen LogP contribution in [0.25, 0.3) is 0 Å². The first-order chi connectivity index (χ1) is 25.1. The molecule has 1 saturated carbocycles. The van der Waals surface area contributed by atoms with Crippen LogP contribution in [0.15, 0.2) is 112 Å². The van der Waals surface area contributed by atoms with Gasteiger partial charge in [0.2, 0.25) is 0 Å². The highest BCUT2D eigenvalue weighted by Crippen LogP contribution is 2.50. The van der Waals surface area contributed by atoms with Crippen LogP contribution in [0.3, 0.4) is 0 Å². The predicted octanol–water partition coefficient (Wildman–Crippen LogP) is 7.16. The van der Waals surface area contributed by atoms with Crippen LogP contribution in [-0.2, 0) is 22.1 Å². The maximum atomic E-state index is 17.0. The maximum Gasteiger partial charge on any atom is 0.269 e. The number of thiazole rings is 1. The molecule has 274 valence electrons. The van der Waals surface area contributed by atoms with Crippen molar-refractivity contribution in [2.24, 2.45) is 0 Å². The zero-order valence-corrected chi connectivity index (χ0v) is 31.2. The summed E-state index contributed by atoms with van der Waals surface area (Å²) in [4.78, 5) is 5.73. The molecule has 0 bridgehead atoms. The Balaban J connectivity index is 1.28. The average molecular weight is 768 g/mol. The molecular weight excluding hydrogens is 728 g/mol. The van der Waals surface area contributed by atoms with Gasteiger partial charge in [0.15, 0.2) is 5.13 Å². The summed E-state index contributed by atoms with van der Waals surface area (Å²) >= 11 is 8.38. The van der Waals surface area contributed by atoms with E-state index in [4.69, 9.17) is 21.1 Å². The predicted molar refractivity (Wildman–Crippen MR) is 200 cm³/mol. The van der Waals surface area contributed by atoms with Crippen LogP contribution >= 0.6 is 22.9 Å². The number of hydrogen-bond donors (Lipinski definition) is 2. The summed E-state index contributed by atoms with van der Waals surface area (Å²) in [6, 6.07) is 24.2. The van der Waals surface area contributed by atoms with Gasteiger partial charge >= 0.3 is 0 Å². The van der Waals surface area contributed by atoms with Gasteiger partial charge in [0.25, 0.3) is 10.0 Å². The summed E-state index contributed by atoms with van der Waals surface area (Å²) in [5.74, 6) is 0.0721. The van der Waals surface area contributed by atoms with E-state index in [1.807, 2.05) is 65.6 Å². The number of ether oxygens (including phenoxy) is 2. The van der Waals surface area contributed by atoms with Crippen LogP contribution in [0.5, 0.6) is 11.5 Å². The lowest BCUT2D eigenvalue weighted by molar-refractivity contribution is 0.0513. The molecule has 9 nitrogen and oxygen atoms in total. The molecule has 2 fully saturated rings. The maximum absolute atomic E-state index is 17.0. The van der Waals surface area contributed by atoms with Crippen LogP contribution < -0.4 is 24.4 Å². The standard InChI is InChI=1S/C38H40ClF2N5O4S2/c1-49-30-14-13-27(33(19-30)50-2)22-46(36-42-17-18-51-36)52(47,48)34-20-35(39)38(21-31(34)41,44-37(15-16-37)28-11-7-4-8-12-28)43-32(25-45-23-29(40)24-45)26-9-5-3-6-10-26/h3-14,17-20,29,32,43-44H,15-16,21-25H2,1-2H3/t32?,38-/m0/s1. The van der Waals surface area contributed by atoms with Crippen molar-refractivity contribution < 1.29 is 26.7 Å². The third-order valence-corrected chi connectivity index (χ3v) is 13.0. The number of allylic oxidation sites excluding steroid dienone is 1. The fraction of sp³-hybridized carbons (Fsp3) is 0.342. The Bertz CT molecular complexity index is 2040. The molecule has 1 aromatic heterocycles. The number of methoxy groups -OCH3 is 2. The Labute approximate surface area is 312 Å². The highest BCUT2D eigenvalue weighted by atomic mass is 35.5. The van der Waals surface area contributed by atoms with E-state index in [0.29, 0.717) is 36.7 Å². The summed E-state index contributed by atoms with van der Waals surface area (Å²) in [7, 11) is -1.56. The van der Waals surface area contributed by atoms with Crippen LogP contribution in [0, 0.1) is 0 Å². The zero-order valence-electron chi connectivity index (χ0n) is 28.8. The summed E-state index contributed by atoms with van der Waals surface area (Å²) in [5, 5.41) is 9.24. The van der Waals surface area contributed by atoms with E-state index in [1.165, 1.54) is 26.5 Å². The van der Waals surface area contributed by atoms with Gasteiger partial charge in [0, 0.05) is 60.8 Å². The highest BCUT2D eigenvalue weighted by Gasteiger charge is 2.53. The second kappa shape index (κ2) is 14.9. The van der Waals surface area contributed by atoms with Crippen LogP contribution in [-0.4, -0.2) is 64.0 Å². The van der Waals surface area contributed by atoms with E-state index < -0.39 is 50.6 Å². The minimum Gasteiger partial charge on any atom is -0.497 e. The van der Waals surface area contributed by atoms with E-state index in [1.54, 1.807) is 23.6 Å². The van der Waals surface area contributed by atoms with Crippen molar-refractivity contribution in [3.8, 4) is 11.5 Å². The number of anilines is 1. The lowest BCUT2D eigenvalue weighted by atomic mass is 9.92. The fourth-order valence-corrected chi connectivity index (χ4v) is 9.68. The number of rotatable bonds is 15. The molecule has 2 aliphatic carbocycles. The molecular formula is C38H40ClF2N5O4S2. The number of benzene rings is 3. The number of likely N-dealkylation sites (tertiary alicyclic amines) is 1. The number of alkyl halides is 1. The molecule has 0 amide bonds. The summed E-state index contributed by atoms with van der Waals surface area (Å²) < 4.78 is 72.2. The molecule has 2 heterocycles. The molecule has 1 saturated heterocycles. The molecule has 14 heteroatoms. The van der Waals surface area contributed by atoms with Gasteiger partial charge in [-0.1, -0.05) is 72.3 Å². The molecule has 4 aromatic rings. The first kappa shape index (κ1) is 36.5. The van der Waals surface area contributed by atoms with Crippen molar-refractivity contribution in [2.45, 2.75) is 49.2 Å². The van der Waals surface area contributed by atoms with Crippen molar-refractivity contribution in [2.75, 3.05) is 38.2 Å². The lowest BCUT2D eigenvalue weighted by Crippen LogP contribution is -2.64. The van der Waals surface area contributed by atoms with Crippen molar-refractivity contribution in [1.29, 1.82) is 0 Å². The second-order valence-corrected chi connectivity index (χ2v) is 16.5. The van der Waals surface area contributed by atoms with E-state index >= 15 is 4.39 Å². The number of nitrogens with one attached hydrogen (secondary N) is 2.